The highest BCUT2D eigenvalue weighted by atomic mass is 32.2. The zero-order valence-electron chi connectivity index (χ0n) is 13.5. The lowest BCUT2D eigenvalue weighted by molar-refractivity contribution is -0.136. The van der Waals surface area contributed by atoms with Crippen molar-refractivity contribution in [3.63, 3.8) is 0 Å². The molecule has 1 unspecified atom stereocenters. The minimum absolute atomic E-state index is 0.140. The minimum Gasteiger partial charge on any atom is -0.341 e. The van der Waals surface area contributed by atoms with E-state index in [1.54, 1.807) is 0 Å². The lowest BCUT2D eigenvalue weighted by Gasteiger charge is -2.23. The summed E-state index contributed by atoms with van der Waals surface area (Å²) in [6, 6.07) is 10.1. The Bertz CT molecular complexity index is 668. The Labute approximate surface area is 138 Å². The molecule has 0 aromatic heterocycles. The van der Waals surface area contributed by atoms with Crippen LogP contribution in [0, 0.1) is 5.41 Å². The van der Waals surface area contributed by atoms with Gasteiger partial charge in [0.2, 0.25) is 15.9 Å². The van der Waals surface area contributed by atoms with E-state index in [0.29, 0.717) is 19.5 Å². The number of carbonyl (C=O) groups is 1. The molecule has 0 radical (unpaired) electrons. The fraction of sp³-hybridized carbons (Fsp3) is 0.588. The van der Waals surface area contributed by atoms with Crippen molar-refractivity contribution >= 4 is 15.9 Å². The van der Waals surface area contributed by atoms with Crippen LogP contribution in [0.15, 0.2) is 30.3 Å². The molecule has 6 heteroatoms. The van der Waals surface area contributed by atoms with Gasteiger partial charge in [0.15, 0.2) is 0 Å². The number of likely N-dealkylation sites (tertiary alicyclic amines) is 1. The van der Waals surface area contributed by atoms with Gasteiger partial charge in [0.05, 0.1) is 6.26 Å². The zero-order valence-corrected chi connectivity index (χ0v) is 14.3. The number of benzene rings is 1. The smallest absolute Gasteiger partial charge is 0.228 e. The summed E-state index contributed by atoms with van der Waals surface area (Å²) in [5.74, 6) is 0.214. The second-order valence-electron chi connectivity index (χ2n) is 6.89. The van der Waals surface area contributed by atoms with Gasteiger partial charge in [-0.1, -0.05) is 30.3 Å². The summed E-state index contributed by atoms with van der Waals surface area (Å²) in [5, 5.41) is 0. The predicted octanol–water partition coefficient (Wildman–Crippen LogP) is 1.55. The van der Waals surface area contributed by atoms with Gasteiger partial charge in [-0.3, -0.25) is 4.79 Å². The maximum Gasteiger partial charge on any atom is 0.228 e. The molecule has 1 heterocycles. The highest BCUT2D eigenvalue weighted by Gasteiger charge is 2.51. The van der Waals surface area contributed by atoms with E-state index >= 15 is 0 Å². The van der Waals surface area contributed by atoms with E-state index in [-0.39, 0.29) is 17.4 Å². The van der Waals surface area contributed by atoms with Crippen LogP contribution in [0.5, 0.6) is 0 Å². The van der Waals surface area contributed by atoms with Crippen LogP contribution in [0.1, 0.15) is 31.2 Å². The second-order valence-corrected chi connectivity index (χ2v) is 8.67. The quantitative estimate of drug-likeness (QED) is 0.857. The van der Waals surface area contributed by atoms with Gasteiger partial charge >= 0.3 is 0 Å². The van der Waals surface area contributed by atoms with Gasteiger partial charge in [0, 0.05) is 24.5 Å². The Kier molecular flexibility index (Phi) is 4.47. The number of rotatable bonds is 6. The number of hydrogen-bond acceptors (Lipinski definition) is 3. The highest BCUT2D eigenvalue weighted by molar-refractivity contribution is 7.88. The van der Waals surface area contributed by atoms with Crippen molar-refractivity contribution in [3.05, 3.63) is 35.9 Å². The number of nitrogens with one attached hydrogen (secondary N) is 1. The van der Waals surface area contributed by atoms with E-state index in [2.05, 4.69) is 16.9 Å². The normalized spacial score (nSPS) is 23.0. The van der Waals surface area contributed by atoms with Crippen molar-refractivity contribution in [2.24, 2.45) is 5.41 Å². The van der Waals surface area contributed by atoms with Gasteiger partial charge in [-0.2, -0.15) is 0 Å². The van der Waals surface area contributed by atoms with Crippen molar-refractivity contribution in [3.8, 4) is 0 Å². The Morgan fingerprint density at radius 3 is 2.61 bits per heavy atom. The third-order valence-electron chi connectivity index (χ3n) is 4.90. The fourth-order valence-corrected chi connectivity index (χ4v) is 4.23. The van der Waals surface area contributed by atoms with Crippen LogP contribution in [0.2, 0.25) is 0 Å². The van der Waals surface area contributed by atoms with Gasteiger partial charge < -0.3 is 4.90 Å². The SMILES string of the molecule is CS(=O)(=O)NC1CCN(C(=O)C2(CCc3ccccc3)CC2)C1. The molecule has 1 saturated carbocycles. The zero-order chi connectivity index (χ0) is 16.5. The standard InChI is InChI=1S/C17H24N2O3S/c1-23(21,22)18-15-8-12-19(13-15)16(20)17(10-11-17)9-7-14-5-3-2-4-6-14/h2-6,15,18H,7-13H2,1H3. The molecular formula is C17H24N2O3S. The molecular weight excluding hydrogens is 312 g/mol. The summed E-state index contributed by atoms with van der Waals surface area (Å²) >= 11 is 0. The maximum absolute atomic E-state index is 12.8. The molecule has 1 saturated heterocycles. The van der Waals surface area contributed by atoms with E-state index in [1.165, 1.54) is 11.8 Å². The molecule has 2 aliphatic rings. The Hall–Kier alpha value is -1.40. The number of sulfonamides is 1. The summed E-state index contributed by atoms with van der Waals surface area (Å²) in [4.78, 5) is 14.7. The third kappa shape index (κ3) is 4.12. The summed E-state index contributed by atoms with van der Waals surface area (Å²) < 4.78 is 25.2. The van der Waals surface area contributed by atoms with Crippen LogP contribution < -0.4 is 4.72 Å². The first kappa shape index (κ1) is 16.5. The first-order valence-corrected chi connectivity index (χ1v) is 10.1. The molecule has 23 heavy (non-hydrogen) atoms. The molecule has 1 aliphatic carbocycles. The number of hydrogen-bond donors (Lipinski definition) is 1. The number of carbonyl (C=O) groups excluding carboxylic acids is 1. The number of nitrogens with zero attached hydrogens (tertiary/aromatic N) is 1. The van der Waals surface area contributed by atoms with Crippen molar-refractivity contribution in [2.45, 2.75) is 38.1 Å². The van der Waals surface area contributed by atoms with E-state index < -0.39 is 10.0 Å². The average molecular weight is 336 g/mol. The van der Waals surface area contributed by atoms with Crippen molar-refractivity contribution in [1.82, 2.24) is 9.62 Å². The molecule has 1 amide bonds. The van der Waals surface area contributed by atoms with Crippen molar-refractivity contribution in [2.75, 3.05) is 19.3 Å². The van der Waals surface area contributed by atoms with Gasteiger partial charge in [0.25, 0.3) is 0 Å². The molecule has 2 fully saturated rings. The maximum atomic E-state index is 12.8. The Balaban J connectivity index is 1.56. The molecule has 1 aliphatic heterocycles. The monoisotopic (exact) mass is 336 g/mol. The van der Waals surface area contributed by atoms with Crippen LogP contribution >= 0.6 is 0 Å². The van der Waals surface area contributed by atoms with Gasteiger partial charge in [-0.05, 0) is 37.7 Å². The predicted molar refractivity (Wildman–Crippen MR) is 89.4 cm³/mol. The highest BCUT2D eigenvalue weighted by Crippen LogP contribution is 2.51. The molecule has 1 N–H and O–H groups in total. The van der Waals surface area contributed by atoms with Gasteiger partial charge in [0.1, 0.15) is 0 Å². The first-order chi connectivity index (χ1) is 10.9. The lowest BCUT2D eigenvalue weighted by atomic mass is 9.95. The number of amides is 1. The van der Waals surface area contributed by atoms with Crippen molar-refractivity contribution in [1.29, 1.82) is 0 Å². The first-order valence-electron chi connectivity index (χ1n) is 8.19. The summed E-state index contributed by atoms with van der Waals surface area (Å²) in [5.41, 5.74) is 1.07. The summed E-state index contributed by atoms with van der Waals surface area (Å²) in [6.07, 6.45) is 5.59. The molecule has 1 aromatic carbocycles. The van der Waals surface area contributed by atoms with Crippen LogP contribution in [-0.2, 0) is 21.2 Å². The molecule has 0 bridgehead atoms. The molecule has 1 aromatic rings. The summed E-state index contributed by atoms with van der Waals surface area (Å²) in [6.45, 7) is 1.15. The summed E-state index contributed by atoms with van der Waals surface area (Å²) in [7, 11) is -3.21. The van der Waals surface area contributed by atoms with E-state index in [0.717, 1.165) is 25.7 Å². The van der Waals surface area contributed by atoms with Gasteiger partial charge in [-0.25, -0.2) is 13.1 Å². The van der Waals surface area contributed by atoms with Crippen LogP contribution in [0.4, 0.5) is 0 Å². The Morgan fingerprint density at radius 1 is 1.30 bits per heavy atom. The molecule has 0 spiro atoms. The third-order valence-corrected chi connectivity index (χ3v) is 5.66. The van der Waals surface area contributed by atoms with Gasteiger partial charge in [-0.15, -0.1) is 0 Å². The fourth-order valence-electron chi connectivity index (χ4n) is 3.43. The van der Waals surface area contributed by atoms with Crippen LogP contribution in [-0.4, -0.2) is 44.6 Å². The largest absolute Gasteiger partial charge is 0.341 e. The lowest BCUT2D eigenvalue weighted by Crippen LogP contribution is -2.40. The van der Waals surface area contributed by atoms with E-state index in [9.17, 15) is 13.2 Å². The van der Waals surface area contributed by atoms with Crippen LogP contribution in [0.25, 0.3) is 0 Å². The molecule has 3 rings (SSSR count). The second kappa shape index (κ2) is 6.24. The molecule has 126 valence electrons. The molecule has 5 nitrogen and oxygen atoms in total. The minimum atomic E-state index is -3.21. The van der Waals surface area contributed by atoms with E-state index in [1.807, 2.05) is 23.1 Å². The van der Waals surface area contributed by atoms with Crippen LogP contribution in [0.3, 0.4) is 0 Å². The Morgan fingerprint density at radius 2 is 2.00 bits per heavy atom. The number of aryl methyl sites for hydroxylation is 1. The van der Waals surface area contributed by atoms with E-state index in [4.69, 9.17) is 0 Å². The molecule has 1 atom stereocenters. The topological polar surface area (TPSA) is 66.5 Å². The van der Waals surface area contributed by atoms with Crippen molar-refractivity contribution < 1.29 is 13.2 Å². The average Bonchev–Trinajstić information content (AvgIpc) is 3.17.